The van der Waals surface area contributed by atoms with E-state index in [4.69, 9.17) is 11.6 Å². The fourth-order valence-corrected chi connectivity index (χ4v) is 3.45. The molecule has 160 valence electrons. The number of benzene rings is 2. The molecule has 1 fully saturated rings. The van der Waals surface area contributed by atoms with Gasteiger partial charge in [0.2, 0.25) is 0 Å². The number of halogens is 3. The standard InChI is InChI=1S/C21H23ClF2N4O2/c22-16-14-15(6-7-17(16)23)26-21(30)20(29)25-8-3-9-27-10-12-28(13-11-27)19-5-2-1-4-18(19)24/h1-2,4-7,14H,3,8-13H2,(H,25,29)(H,26,30). The Labute approximate surface area is 178 Å². The average molecular weight is 437 g/mol. The van der Waals surface area contributed by atoms with Crippen LogP contribution in [0.2, 0.25) is 5.02 Å². The highest BCUT2D eigenvalue weighted by Crippen LogP contribution is 2.20. The van der Waals surface area contributed by atoms with Gasteiger partial charge in [0.1, 0.15) is 11.6 Å². The van der Waals surface area contributed by atoms with Crippen molar-refractivity contribution >= 4 is 34.8 Å². The van der Waals surface area contributed by atoms with E-state index < -0.39 is 17.6 Å². The summed E-state index contributed by atoms with van der Waals surface area (Å²) in [5.41, 5.74) is 0.868. The van der Waals surface area contributed by atoms with E-state index in [1.54, 1.807) is 12.1 Å². The molecule has 2 aromatic rings. The fourth-order valence-electron chi connectivity index (χ4n) is 3.27. The number of nitrogens with one attached hydrogen (secondary N) is 2. The minimum atomic E-state index is -0.837. The van der Waals surface area contributed by atoms with Crippen LogP contribution in [0.1, 0.15) is 6.42 Å². The second kappa shape index (κ2) is 10.4. The summed E-state index contributed by atoms with van der Waals surface area (Å²) in [6.07, 6.45) is 0.682. The second-order valence-electron chi connectivity index (χ2n) is 6.97. The van der Waals surface area contributed by atoms with Crippen molar-refractivity contribution in [2.45, 2.75) is 6.42 Å². The molecule has 2 amide bonds. The Bertz CT molecular complexity index is 904. The van der Waals surface area contributed by atoms with Crippen molar-refractivity contribution in [1.82, 2.24) is 10.2 Å². The van der Waals surface area contributed by atoms with E-state index in [1.807, 2.05) is 11.0 Å². The lowest BCUT2D eigenvalue weighted by atomic mass is 10.2. The molecule has 1 aliphatic heterocycles. The molecule has 0 bridgehead atoms. The number of para-hydroxylation sites is 1. The van der Waals surface area contributed by atoms with Gasteiger partial charge in [0.25, 0.3) is 0 Å². The van der Waals surface area contributed by atoms with E-state index >= 15 is 0 Å². The third-order valence-corrected chi connectivity index (χ3v) is 5.18. The minimum Gasteiger partial charge on any atom is -0.367 e. The molecule has 0 aliphatic carbocycles. The summed E-state index contributed by atoms with van der Waals surface area (Å²) in [4.78, 5) is 28.1. The summed E-state index contributed by atoms with van der Waals surface area (Å²) in [6.45, 7) is 4.18. The number of carbonyl (C=O) groups excluding carboxylic acids is 2. The largest absolute Gasteiger partial charge is 0.367 e. The zero-order valence-electron chi connectivity index (χ0n) is 16.3. The number of nitrogens with zero attached hydrogens (tertiary/aromatic N) is 2. The fraction of sp³-hybridized carbons (Fsp3) is 0.333. The first-order valence-corrected chi connectivity index (χ1v) is 10.1. The number of anilines is 2. The van der Waals surface area contributed by atoms with Gasteiger partial charge in [-0.3, -0.25) is 14.5 Å². The van der Waals surface area contributed by atoms with E-state index in [0.29, 0.717) is 18.7 Å². The first-order chi connectivity index (χ1) is 14.4. The Morgan fingerprint density at radius 3 is 2.40 bits per heavy atom. The summed E-state index contributed by atoms with van der Waals surface area (Å²) in [5.74, 6) is -2.42. The van der Waals surface area contributed by atoms with Crippen molar-refractivity contribution in [1.29, 1.82) is 0 Å². The molecule has 1 heterocycles. The molecule has 2 N–H and O–H groups in total. The zero-order valence-corrected chi connectivity index (χ0v) is 17.1. The van der Waals surface area contributed by atoms with E-state index in [2.05, 4.69) is 15.5 Å². The molecule has 9 heteroatoms. The summed E-state index contributed by atoms with van der Waals surface area (Å²) in [7, 11) is 0. The van der Waals surface area contributed by atoms with Gasteiger partial charge in [0, 0.05) is 38.4 Å². The molecule has 0 saturated carbocycles. The SMILES string of the molecule is O=C(NCCCN1CCN(c2ccccc2F)CC1)C(=O)Nc1ccc(F)c(Cl)c1. The van der Waals surface area contributed by atoms with Gasteiger partial charge in [-0.25, -0.2) is 8.78 Å². The third kappa shape index (κ3) is 5.90. The summed E-state index contributed by atoms with van der Waals surface area (Å²) in [6, 6.07) is 10.4. The van der Waals surface area contributed by atoms with Gasteiger partial charge >= 0.3 is 11.8 Å². The Kier molecular flexibility index (Phi) is 7.59. The number of hydrogen-bond donors (Lipinski definition) is 2. The van der Waals surface area contributed by atoms with Crippen LogP contribution in [-0.2, 0) is 9.59 Å². The van der Waals surface area contributed by atoms with Gasteiger partial charge in [-0.05, 0) is 43.3 Å². The van der Waals surface area contributed by atoms with Crippen molar-refractivity contribution in [3.8, 4) is 0 Å². The van der Waals surface area contributed by atoms with Crippen LogP contribution in [0, 0.1) is 11.6 Å². The van der Waals surface area contributed by atoms with Crippen molar-refractivity contribution in [2.75, 3.05) is 49.5 Å². The monoisotopic (exact) mass is 436 g/mol. The van der Waals surface area contributed by atoms with Crippen molar-refractivity contribution in [3.63, 3.8) is 0 Å². The third-order valence-electron chi connectivity index (χ3n) is 4.89. The maximum atomic E-state index is 13.9. The van der Waals surface area contributed by atoms with E-state index in [9.17, 15) is 18.4 Å². The number of carbonyl (C=O) groups is 2. The minimum absolute atomic E-state index is 0.136. The average Bonchev–Trinajstić information content (AvgIpc) is 2.74. The summed E-state index contributed by atoms with van der Waals surface area (Å²) >= 11 is 5.65. The number of piperazine rings is 1. The Hall–Kier alpha value is -2.71. The molecule has 0 spiro atoms. The van der Waals surface area contributed by atoms with Crippen LogP contribution >= 0.6 is 11.6 Å². The number of rotatable bonds is 6. The Balaban J connectivity index is 1.34. The van der Waals surface area contributed by atoms with E-state index in [0.717, 1.165) is 38.8 Å². The van der Waals surface area contributed by atoms with Gasteiger partial charge in [-0.2, -0.15) is 0 Å². The van der Waals surface area contributed by atoms with Crippen LogP contribution in [0.25, 0.3) is 0 Å². The van der Waals surface area contributed by atoms with Crippen LogP contribution in [-0.4, -0.2) is 56.0 Å². The quantitative estimate of drug-likeness (QED) is 0.540. The summed E-state index contributed by atoms with van der Waals surface area (Å²) < 4.78 is 27.0. The Morgan fingerprint density at radius 2 is 1.70 bits per heavy atom. The van der Waals surface area contributed by atoms with Gasteiger partial charge in [0.15, 0.2) is 0 Å². The molecular weight excluding hydrogens is 414 g/mol. The maximum absolute atomic E-state index is 13.9. The highest BCUT2D eigenvalue weighted by atomic mass is 35.5. The molecule has 2 aromatic carbocycles. The number of hydrogen-bond acceptors (Lipinski definition) is 4. The van der Waals surface area contributed by atoms with Gasteiger partial charge in [-0.1, -0.05) is 23.7 Å². The van der Waals surface area contributed by atoms with Gasteiger partial charge < -0.3 is 15.5 Å². The normalized spacial score (nSPS) is 14.4. The first-order valence-electron chi connectivity index (χ1n) is 9.70. The molecule has 0 aromatic heterocycles. The molecular formula is C21H23ClF2N4O2. The van der Waals surface area contributed by atoms with Crippen molar-refractivity contribution < 1.29 is 18.4 Å². The molecule has 30 heavy (non-hydrogen) atoms. The van der Waals surface area contributed by atoms with Crippen LogP contribution in [0.3, 0.4) is 0 Å². The molecule has 0 atom stereocenters. The Morgan fingerprint density at radius 1 is 0.967 bits per heavy atom. The zero-order chi connectivity index (χ0) is 21.5. The maximum Gasteiger partial charge on any atom is 0.313 e. The topological polar surface area (TPSA) is 64.7 Å². The number of amides is 2. The van der Waals surface area contributed by atoms with Gasteiger partial charge in [-0.15, -0.1) is 0 Å². The lowest BCUT2D eigenvalue weighted by Crippen LogP contribution is -2.47. The summed E-state index contributed by atoms with van der Waals surface area (Å²) in [5, 5.41) is 4.81. The van der Waals surface area contributed by atoms with Crippen LogP contribution < -0.4 is 15.5 Å². The van der Waals surface area contributed by atoms with Crippen LogP contribution in [0.4, 0.5) is 20.2 Å². The van der Waals surface area contributed by atoms with Gasteiger partial charge in [0.05, 0.1) is 10.7 Å². The predicted molar refractivity (Wildman–Crippen MR) is 113 cm³/mol. The van der Waals surface area contributed by atoms with Crippen molar-refractivity contribution in [3.05, 3.63) is 59.1 Å². The van der Waals surface area contributed by atoms with Crippen LogP contribution in [0.15, 0.2) is 42.5 Å². The first kappa shape index (κ1) is 22.0. The van der Waals surface area contributed by atoms with E-state index in [1.165, 1.54) is 18.2 Å². The molecule has 0 radical (unpaired) electrons. The van der Waals surface area contributed by atoms with Crippen LogP contribution in [0.5, 0.6) is 0 Å². The molecule has 3 rings (SSSR count). The van der Waals surface area contributed by atoms with Crippen molar-refractivity contribution in [2.24, 2.45) is 0 Å². The smallest absolute Gasteiger partial charge is 0.313 e. The second-order valence-corrected chi connectivity index (χ2v) is 7.38. The lowest BCUT2D eigenvalue weighted by molar-refractivity contribution is -0.136. The lowest BCUT2D eigenvalue weighted by Gasteiger charge is -2.36. The highest BCUT2D eigenvalue weighted by Gasteiger charge is 2.19. The highest BCUT2D eigenvalue weighted by molar-refractivity contribution is 6.39. The van der Waals surface area contributed by atoms with E-state index in [-0.39, 0.29) is 16.5 Å². The molecule has 1 saturated heterocycles. The molecule has 1 aliphatic rings. The predicted octanol–water partition coefficient (Wildman–Crippen LogP) is 2.89. The molecule has 0 unspecified atom stereocenters. The molecule has 6 nitrogen and oxygen atoms in total.